The van der Waals surface area contributed by atoms with E-state index in [2.05, 4.69) is 44.3 Å². The van der Waals surface area contributed by atoms with Crippen molar-refractivity contribution in [3.05, 3.63) is 47.7 Å². The number of quaternary nitrogens is 1. The lowest BCUT2D eigenvalue weighted by atomic mass is 10.1. The summed E-state index contributed by atoms with van der Waals surface area (Å²) in [6, 6.07) is 12.2. The van der Waals surface area contributed by atoms with Crippen molar-refractivity contribution >= 4 is 6.29 Å². The van der Waals surface area contributed by atoms with Gasteiger partial charge < -0.3 is 33.4 Å². The summed E-state index contributed by atoms with van der Waals surface area (Å²) in [5, 5.41) is 0. The minimum atomic E-state index is 0. The molecule has 1 heterocycles. The van der Waals surface area contributed by atoms with Crippen molar-refractivity contribution in [3.63, 3.8) is 0 Å². The Morgan fingerprint density at radius 3 is 2.38 bits per heavy atom. The van der Waals surface area contributed by atoms with E-state index >= 15 is 0 Å². The molecule has 0 amide bonds. The Labute approximate surface area is 144 Å². The highest BCUT2D eigenvalue weighted by Gasteiger charge is 2.11. The molecule has 0 radical (unpaired) electrons. The molecule has 2 rings (SSSR count). The van der Waals surface area contributed by atoms with Crippen LogP contribution >= 0.6 is 0 Å². The summed E-state index contributed by atoms with van der Waals surface area (Å²) in [5.41, 5.74) is 3.97. The van der Waals surface area contributed by atoms with Gasteiger partial charge in [0.25, 0.3) is 0 Å². The third kappa shape index (κ3) is 5.28. The maximum atomic E-state index is 11.2. The molecule has 1 aromatic heterocycles. The van der Waals surface area contributed by atoms with Crippen molar-refractivity contribution < 1.29 is 33.3 Å². The number of aldehydes is 1. The number of aromatic nitrogens is 1. The highest BCUT2D eigenvalue weighted by molar-refractivity contribution is 5.78. The summed E-state index contributed by atoms with van der Waals surface area (Å²) in [4.78, 5) is 14.4. The summed E-state index contributed by atoms with van der Waals surface area (Å²) in [6.07, 6.45) is 2.94. The first-order valence-electron chi connectivity index (χ1n) is 7.02. The molecule has 1 N–H and O–H groups in total. The third-order valence-corrected chi connectivity index (χ3v) is 3.41. The number of carbonyl (C=O) groups is 1. The molecule has 114 valence electrons. The molecule has 21 heavy (non-hydrogen) atoms. The highest BCUT2D eigenvalue weighted by atomic mass is 127. The Bertz CT molecular complexity index is 570. The van der Waals surface area contributed by atoms with Gasteiger partial charge in [-0.3, -0.25) is 4.79 Å². The summed E-state index contributed by atoms with van der Waals surface area (Å²) in [5.74, 6) is 0. The minimum Gasteiger partial charge on any atom is -1.00 e. The largest absolute Gasteiger partial charge is 1.00 e. The fourth-order valence-electron chi connectivity index (χ4n) is 2.34. The molecule has 0 atom stereocenters. The molecule has 0 spiro atoms. The molecule has 4 heteroatoms. The number of aromatic amines is 1. The number of H-pyrrole nitrogens is 1. The Morgan fingerprint density at radius 1 is 1.14 bits per heavy atom. The number of nitrogens with one attached hydrogen (secondary N) is 1. The molecule has 0 aliphatic heterocycles. The van der Waals surface area contributed by atoms with Crippen LogP contribution in [0.2, 0.25) is 0 Å². The smallest absolute Gasteiger partial charge is 0.166 e. The van der Waals surface area contributed by atoms with Crippen LogP contribution in [0.3, 0.4) is 0 Å². The van der Waals surface area contributed by atoms with E-state index in [0.717, 1.165) is 47.0 Å². The van der Waals surface area contributed by atoms with Crippen LogP contribution in [0.15, 0.2) is 36.4 Å². The summed E-state index contributed by atoms with van der Waals surface area (Å²) in [7, 11) is 6.56. The van der Waals surface area contributed by atoms with Crippen molar-refractivity contribution in [2.75, 3.05) is 27.7 Å². The van der Waals surface area contributed by atoms with Gasteiger partial charge in [0.05, 0.1) is 33.4 Å². The fourth-order valence-corrected chi connectivity index (χ4v) is 2.34. The van der Waals surface area contributed by atoms with Crippen molar-refractivity contribution in [3.8, 4) is 11.3 Å². The van der Waals surface area contributed by atoms with Gasteiger partial charge in [0.2, 0.25) is 0 Å². The molecular weight excluding hydrogens is 375 g/mol. The van der Waals surface area contributed by atoms with Crippen molar-refractivity contribution in [1.82, 2.24) is 4.98 Å². The van der Waals surface area contributed by atoms with E-state index in [1.165, 1.54) is 0 Å². The van der Waals surface area contributed by atoms with E-state index in [4.69, 9.17) is 0 Å². The quantitative estimate of drug-likeness (QED) is 0.419. The Kier molecular flexibility index (Phi) is 6.61. The predicted octanol–water partition coefficient (Wildman–Crippen LogP) is 0.137. The molecule has 1 aromatic carbocycles. The van der Waals surface area contributed by atoms with Crippen LogP contribution in [-0.4, -0.2) is 43.4 Å². The van der Waals surface area contributed by atoms with Gasteiger partial charge >= 0.3 is 0 Å². The van der Waals surface area contributed by atoms with Gasteiger partial charge in [-0.05, 0) is 23.6 Å². The number of aryl methyl sites for hydroxylation is 1. The molecule has 0 aliphatic carbocycles. The molecule has 2 aromatic rings. The number of carbonyl (C=O) groups excluding carboxylic acids is 1. The molecule has 3 nitrogen and oxygen atoms in total. The second-order valence-electron chi connectivity index (χ2n) is 6.22. The summed E-state index contributed by atoms with van der Waals surface area (Å²) in [6.45, 7) is 1.10. The van der Waals surface area contributed by atoms with E-state index in [1.54, 1.807) is 0 Å². The van der Waals surface area contributed by atoms with Crippen LogP contribution in [0.25, 0.3) is 11.3 Å². The summed E-state index contributed by atoms with van der Waals surface area (Å²) < 4.78 is 0.951. The van der Waals surface area contributed by atoms with E-state index in [0.29, 0.717) is 5.69 Å². The van der Waals surface area contributed by atoms with Crippen LogP contribution in [0.5, 0.6) is 0 Å². The number of halogens is 1. The predicted molar refractivity (Wildman–Crippen MR) is 82.8 cm³/mol. The standard InChI is InChI=1S/C17H22N2O.HI/c1-19(2,3)11-7-10-15-12-16(18-17(15)13-20)14-8-5-4-6-9-14;/h4-6,8-9,12-13H,7,10-11H2,1-3H3;1H. The first-order chi connectivity index (χ1) is 9.49. The Hall–Kier alpha value is -1.14. The topological polar surface area (TPSA) is 32.9 Å². The van der Waals surface area contributed by atoms with Gasteiger partial charge in [-0.15, -0.1) is 0 Å². The van der Waals surface area contributed by atoms with Gasteiger partial charge in [-0.25, -0.2) is 0 Å². The van der Waals surface area contributed by atoms with E-state index < -0.39 is 0 Å². The Morgan fingerprint density at radius 2 is 1.81 bits per heavy atom. The van der Waals surface area contributed by atoms with Crippen LogP contribution in [0.4, 0.5) is 0 Å². The second-order valence-corrected chi connectivity index (χ2v) is 6.22. The van der Waals surface area contributed by atoms with Crippen molar-refractivity contribution in [2.24, 2.45) is 0 Å². The number of nitrogens with zero attached hydrogens (tertiary/aromatic N) is 1. The molecule has 0 aliphatic rings. The molecule has 0 fully saturated rings. The maximum absolute atomic E-state index is 11.2. The number of hydrogen-bond donors (Lipinski definition) is 1. The molecule has 0 bridgehead atoms. The van der Waals surface area contributed by atoms with Crippen LogP contribution in [0.1, 0.15) is 22.5 Å². The van der Waals surface area contributed by atoms with Crippen molar-refractivity contribution in [2.45, 2.75) is 12.8 Å². The number of benzene rings is 1. The van der Waals surface area contributed by atoms with E-state index in [9.17, 15) is 4.79 Å². The number of hydrogen-bond acceptors (Lipinski definition) is 1. The highest BCUT2D eigenvalue weighted by Crippen LogP contribution is 2.22. The molecule has 0 saturated heterocycles. The minimum absolute atomic E-state index is 0. The zero-order chi connectivity index (χ0) is 14.6. The van der Waals surface area contributed by atoms with Gasteiger partial charge in [-0.2, -0.15) is 0 Å². The van der Waals surface area contributed by atoms with E-state index in [1.807, 2.05) is 18.2 Å². The number of rotatable bonds is 6. The van der Waals surface area contributed by atoms with Crippen LogP contribution in [-0.2, 0) is 6.42 Å². The van der Waals surface area contributed by atoms with Gasteiger partial charge in [0.1, 0.15) is 0 Å². The van der Waals surface area contributed by atoms with Crippen LogP contribution < -0.4 is 24.0 Å². The monoisotopic (exact) mass is 398 g/mol. The first kappa shape index (κ1) is 17.9. The molecule has 0 unspecified atom stereocenters. The van der Waals surface area contributed by atoms with Gasteiger partial charge in [0.15, 0.2) is 6.29 Å². The third-order valence-electron chi connectivity index (χ3n) is 3.41. The average molecular weight is 398 g/mol. The average Bonchev–Trinajstić information content (AvgIpc) is 2.82. The van der Waals surface area contributed by atoms with Crippen molar-refractivity contribution in [1.29, 1.82) is 0 Å². The zero-order valence-electron chi connectivity index (χ0n) is 12.9. The lowest BCUT2D eigenvalue weighted by Crippen LogP contribution is -3.00. The first-order valence-corrected chi connectivity index (χ1v) is 7.02. The molecular formula is C17H23IN2O. The zero-order valence-corrected chi connectivity index (χ0v) is 15.1. The summed E-state index contributed by atoms with van der Waals surface area (Å²) >= 11 is 0. The lowest BCUT2D eigenvalue weighted by molar-refractivity contribution is -0.870. The van der Waals surface area contributed by atoms with E-state index in [-0.39, 0.29) is 24.0 Å². The van der Waals surface area contributed by atoms with Gasteiger partial charge in [0, 0.05) is 12.1 Å². The van der Waals surface area contributed by atoms with Gasteiger partial charge in [-0.1, -0.05) is 30.3 Å². The fraction of sp³-hybridized carbons (Fsp3) is 0.353. The molecule has 0 saturated carbocycles. The SMILES string of the molecule is C[N+](C)(C)CCCc1cc(-c2ccccc2)[nH]c1C=O.[I-]. The maximum Gasteiger partial charge on any atom is 0.166 e. The normalized spacial score (nSPS) is 11.0. The Balaban J connectivity index is 0.00000220. The lowest BCUT2D eigenvalue weighted by Gasteiger charge is -2.23. The van der Waals surface area contributed by atoms with Crippen LogP contribution in [0, 0.1) is 0 Å². The second kappa shape index (κ2) is 7.75.